The van der Waals surface area contributed by atoms with Crippen molar-refractivity contribution in [1.29, 1.82) is 0 Å². The Hall–Kier alpha value is -1.19. The van der Waals surface area contributed by atoms with Crippen LogP contribution in [0.25, 0.3) is 0 Å². The lowest BCUT2D eigenvalue weighted by Crippen LogP contribution is -2.19. The molecule has 78 valence electrons. The first-order valence-electron chi connectivity index (χ1n) is 4.44. The molecule has 0 aliphatic heterocycles. The second-order valence-electron chi connectivity index (χ2n) is 2.90. The Bertz CT molecular complexity index is 249. The molecule has 0 aliphatic carbocycles. The van der Waals surface area contributed by atoms with E-state index in [1.807, 2.05) is 6.92 Å². The average molecular weight is 196 g/mol. The van der Waals surface area contributed by atoms with E-state index in [0.717, 1.165) is 6.29 Å². The van der Waals surface area contributed by atoms with Crippen LogP contribution in [0.5, 0.6) is 0 Å². The summed E-state index contributed by atoms with van der Waals surface area (Å²) in [5.74, 6) is 0. The molecule has 0 aliphatic rings. The Morgan fingerprint density at radius 2 is 2.00 bits per heavy atom. The lowest BCUT2D eigenvalue weighted by atomic mass is 10.2. The minimum Gasteiger partial charge on any atom is -0.390 e. The molecule has 0 heterocycles. The van der Waals surface area contributed by atoms with Gasteiger partial charge in [0.1, 0.15) is 6.29 Å². The van der Waals surface area contributed by atoms with Crippen LogP contribution in [-0.2, 0) is 4.79 Å². The molecule has 0 saturated carbocycles. The number of carbonyl (C=O) groups excluding carboxylic acids is 1. The van der Waals surface area contributed by atoms with Crippen molar-refractivity contribution >= 4 is 6.29 Å². The van der Waals surface area contributed by atoms with Crippen molar-refractivity contribution < 1.29 is 15.0 Å². The van der Waals surface area contributed by atoms with Gasteiger partial charge in [0.25, 0.3) is 0 Å². The van der Waals surface area contributed by atoms with E-state index in [9.17, 15) is 4.79 Å². The Morgan fingerprint density at radius 3 is 2.43 bits per heavy atom. The van der Waals surface area contributed by atoms with Crippen molar-refractivity contribution in [1.82, 2.24) is 0 Å². The molecule has 14 heavy (non-hydrogen) atoms. The topological polar surface area (TPSA) is 57.5 Å². The largest absolute Gasteiger partial charge is 0.390 e. The minimum absolute atomic E-state index is 0.515. The molecule has 3 heteroatoms. The number of hydrogen-bond acceptors (Lipinski definition) is 3. The molecule has 3 nitrogen and oxygen atoms in total. The van der Waals surface area contributed by atoms with Crippen LogP contribution in [0.2, 0.25) is 0 Å². The first-order chi connectivity index (χ1) is 6.61. The van der Waals surface area contributed by atoms with E-state index in [-0.39, 0.29) is 0 Å². The van der Waals surface area contributed by atoms with E-state index in [1.165, 1.54) is 13.0 Å². The van der Waals surface area contributed by atoms with Gasteiger partial charge in [0, 0.05) is 5.57 Å². The normalized spacial score (nSPS) is 17.6. The van der Waals surface area contributed by atoms with Gasteiger partial charge in [-0.2, -0.15) is 0 Å². The van der Waals surface area contributed by atoms with Crippen LogP contribution in [-0.4, -0.2) is 28.7 Å². The minimum atomic E-state index is -0.898. The third-order valence-electron chi connectivity index (χ3n) is 1.59. The van der Waals surface area contributed by atoms with E-state index in [1.54, 1.807) is 24.3 Å². The van der Waals surface area contributed by atoms with Crippen LogP contribution in [0.3, 0.4) is 0 Å². The molecular weight excluding hydrogens is 180 g/mol. The van der Waals surface area contributed by atoms with Crippen LogP contribution in [0.15, 0.2) is 36.0 Å². The summed E-state index contributed by atoms with van der Waals surface area (Å²) >= 11 is 0. The summed E-state index contributed by atoms with van der Waals surface area (Å²) in [5.41, 5.74) is 0.515. The summed E-state index contributed by atoms with van der Waals surface area (Å²) in [6, 6.07) is 0. The number of carbonyl (C=O) groups is 1. The monoisotopic (exact) mass is 196 g/mol. The van der Waals surface area contributed by atoms with Crippen LogP contribution in [0, 0.1) is 0 Å². The van der Waals surface area contributed by atoms with Gasteiger partial charge in [0.2, 0.25) is 0 Å². The number of hydrogen-bond donors (Lipinski definition) is 2. The van der Waals surface area contributed by atoms with Gasteiger partial charge in [-0.05, 0) is 13.8 Å². The fourth-order valence-electron chi connectivity index (χ4n) is 0.768. The average Bonchev–Trinajstić information content (AvgIpc) is 2.16. The van der Waals surface area contributed by atoms with E-state index in [4.69, 9.17) is 10.2 Å². The molecule has 0 rings (SSSR count). The highest BCUT2D eigenvalue weighted by Gasteiger charge is 2.04. The van der Waals surface area contributed by atoms with Crippen LogP contribution < -0.4 is 0 Å². The lowest BCUT2D eigenvalue weighted by molar-refractivity contribution is -0.104. The zero-order valence-corrected chi connectivity index (χ0v) is 8.42. The Kier molecular flexibility index (Phi) is 6.62. The molecule has 0 aromatic heterocycles. The van der Waals surface area contributed by atoms with Gasteiger partial charge in [-0.1, -0.05) is 30.4 Å². The van der Waals surface area contributed by atoms with Gasteiger partial charge < -0.3 is 10.2 Å². The third-order valence-corrected chi connectivity index (χ3v) is 1.59. The summed E-state index contributed by atoms with van der Waals surface area (Å²) < 4.78 is 0. The quantitative estimate of drug-likeness (QED) is 0.391. The van der Waals surface area contributed by atoms with Gasteiger partial charge in [-0.3, -0.25) is 4.79 Å². The Labute approximate surface area is 84.1 Å². The molecule has 2 N–H and O–H groups in total. The first kappa shape index (κ1) is 12.8. The standard InChI is InChI=1S/C11H16O3/c1-3-5-10(8-12)6-4-7-11(14)9(2)13/h3-9,11,13-14H,1-2H3/b5-3-,7-4+,10-6+/t9-,11-/m1/s1. The van der Waals surface area contributed by atoms with E-state index < -0.39 is 12.2 Å². The maximum atomic E-state index is 10.4. The van der Waals surface area contributed by atoms with E-state index in [0.29, 0.717) is 5.57 Å². The van der Waals surface area contributed by atoms with Crippen molar-refractivity contribution in [2.24, 2.45) is 0 Å². The summed E-state index contributed by atoms with van der Waals surface area (Å²) in [6.07, 6.45) is 6.97. The fourth-order valence-corrected chi connectivity index (χ4v) is 0.768. The van der Waals surface area contributed by atoms with Crippen LogP contribution in [0.1, 0.15) is 13.8 Å². The fraction of sp³-hybridized carbons (Fsp3) is 0.364. The highest BCUT2D eigenvalue weighted by atomic mass is 16.3. The maximum absolute atomic E-state index is 10.4. The van der Waals surface area contributed by atoms with Gasteiger partial charge in [-0.15, -0.1) is 0 Å². The highest BCUT2D eigenvalue weighted by Crippen LogP contribution is 1.97. The number of rotatable bonds is 5. The SMILES string of the molecule is C\C=C/C(C=O)=C\C=C\[C@@H](O)[C@@H](C)O. The lowest BCUT2D eigenvalue weighted by Gasteiger charge is -2.06. The first-order valence-corrected chi connectivity index (χ1v) is 4.44. The number of aliphatic hydroxyl groups excluding tert-OH is 2. The van der Waals surface area contributed by atoms with Crippen molar-refractivity contribution in [3.63, 3.8) is 0 Å². The van der Waals surface area contributed by atoms with Gasteiger partial charge >= 0.3 is 0 Å². The zero-order valence-electron chi connectivity index (χ0n) is 8.42. The predicted molar refractivity (Wildman–Crippen MR) is 55.8 cm³/mol. The maximum Gasteiger partial charge on any atom is 0.150 e. The molecule has 0 radical (unpaired) electrons. The van der Waals surface area contributed by atoms with Crippen molar-refractivity contribution in [3.05, 3.63) is 36.0 Å². The second-order valence-corrected chi connectivity index (χ2v) is 2.90. The number of aldehydes is 1. The van der Waals surface area contributed by atoms with Gasteiger partial charge in [-0.25, -0.2) is 0 Å². The molecule has 2 atom stereocenters. The third kappa shape index (κ3) is 5.45. The molecule has 0 unspecified atom stereocenters. The molecule has 0 aromatic rings. The molecule has 0 fully saturated rings. The van der Waals surface area contributed by atoms with Crippen LogP contribution in [0.4, 0.5) is 0 Å². The van der Waals surface area contributed by atoms with E-state index in [2.05, 4.69) is 0 Å². The zero-order chi connectivity index (χ0) is 11.0. The van der Waals surface area contributed by atoms with Gasteiger partial charge in [0.05, 0.1) is 12.2 Å². The molecule has 0 saturated heterocycles. The number of allylic oxidation sites excluding steroid dienone is 5. The molecule has 0 spiro atoms. The van der Waals surface area contributed by atoms with Crippen LogP contribution >= 0.6 is 0 Å². The highest BCUT2D eigenvalue weighted by molar-refractivity contribution is 5.77. The van der Waals surface area contributed by atoms with E-state index >= 15 is 0 Å². The summed E-state index contributed by atoms with van der Waals surface area (Å²) in [4.78, 5) is 10.4. The molecule has 0 amide bonds. The molecule has 0 aromatic carbocycles. The Balaban J connectivity index is 4.30. The molecular formula is C11H16O3. The summed E-state index contributed by atoms with van der Waals surface area (Å²) in [7, 11) is 0. The van der Waals surface area contributed by atoms with Gasteiger partial charge in [0.15, 0.2) is 0 Å². The summed E-state index contributed by atoms with van der Waals surface area (Å²) in [5, 5.41) is 18.1. The van der Waals surface area contributed by atoms with Crippen molar-refractivity contribution in [2.45, 2.75) is 26.1 Å². The Morgan fingerprint density at radius 1 is 1.36 bits per heavy atom. The van der Waals surface area contributed by atoms with Crippen molar-refractivity contribution in [2.75, 3.05) is 0 Å². The number of aliphatic hydroxyl groups is 2. The predicted octanol–water partition coefficient (Wildman–Crippen LogP) is 0.986. The summed E-state index contributed by atoms with van der Waals surface area (Å²) in [6.45, 7) is 3.30. The second kappa shape index (κ2) is 7.24. The van der Waals surface area contributed by atoms with Crippen molar-refractivity contribution in [3.8, 4) is 0 Å². The molecule has 0 bridgehead atoms. The smallest absolute Gasteiger partial charge is 0.150 e.